The van der Waals surface area contributed by atoms with E-state index in [1.165, 1.54) is 0 Å². The Kier molecular flexibility index (Phi) is 4.56. The minimum atomic E-state index is -4.67. The lowest BCUT2D eigenvalue weighted by Crippen LogP contribution is -2.07. The molecule has 18 heavy (non-hydrogen) atoms. The minimum absolute atomic E-state index is 0.0718. The Morgan fingerprint density at radius 2 is 1.94 bits per heavy atom. The van der Waals surface area contributed by atoms with Crippen LogP contribution in [0.2, 0.25) is 0 Å². The molecule has 0 heterocycles. The molecule has 0 bridgehead atoms. The number of hydrogen-bond acceptors (Lipinski definition) is 1. The highest BCUT2D eigenvalue weighted by molar-refractivity contribution is 6.20. The predicted octanol–water partition coefficient (Wildman–Crippen LogP) is 3.99. The molecular formula is C11H9ClF4O2. The van der Waals surface area contributed by atoms with E-state index in [1.54, 1.807) is 0 Å². The first kappa shape index (κ1) is 14.8. The van der Waals surface area contributed by atoms with Crippen LogP contribution in [0.4, 0.5) is 17.6 Å². The van der Waals surface area contributed by atoms with Crippen molar-refractivity contribution in [3.05, 3.63) is 35.1 Å². The number of aliphatic carboxylic acids is 1. The molecule has 0 aliphatic carbocycles. The standard InChI is InChI=1S/C11H9ClF4O2/c12-9(1-2-10(17)18)6-3-7(11(14,15)16)5-8(13)4-6/h3-5,9H,1-2H2,(H,17,18). The van der Waals surface area contributed by atoms with Gasteiger partial charge in [-0.05, 0) is 30.2 Å². The first-order chi connectivity index (χ1) is 8.20. The molecule has 1 N–H and O–H groups in total. The monoisotopic (exact) mass is 284 g/mol. The van der Waals surface area contributed by atoms with Crippen LogP contribution in [0.3, 0.4) is 0 Å². The fourth-order valence-electron chi connectivity index (χ4n) is 1.37. The molecule has 0 radical (unpaired) electrons. The first-order valence-corrected chi connectivity index (χ1v) is 5.37. The van der Waals surface area contributed by atoms with Crippen LogP contribution in [0.25, 0.3) is 0 Å². The van der Waals surface area contributed by atoms with Gasteiger partial charge in [0.1, 0.15) is 5.82 Å². The average Bonchev–Trinajstić information content (AvgIpc) is 2.23. The highest BCUT2D eigenvalue weighted by Gasteiger charge is 2.31. The molecule has 1 atom stereocenters. The van der Waals surface area contributed by atoms with Gasteiger partial charge >= 0.3 is 12.1 Å². The number of hydrogen-bond donors (Lipinski definition) is 1. The van der Waals surface area contributed by atoms with Gasteiger partial charge in [0.05, 0.1) is 10.9 Å². The van der Waals surface area contributed by atoms with Crippen LogP contribution in [0, 0.1) is 5.82 Å². The third kappa shape index (κ3) is 4.18. The van der Waals surface area contributed by atoms with Crippen molar-refractivity contribution in [1.82, 2.24) is 0 Å². The van der Waals surface area contributed by atoms with Gasteiger partial charge in [-0.3, -0.25) is 4.79 Å². The predicted molar refractivity (Wildman–Crippen MR) is 56.9 cm³/mol. The number of alkyl halides is 4. The summed E-state index contributed by atoms with van der Waals surface area (Å²) in [6.45, 7) is 0. The molecule has 0 saturated heterocycles. The van der Waals surface area contributed by atoms with Crippen molar-refractivity contribution in [2.24, 2.45) is 0 Å². The van der Waals surface area contributed by atoms with E-state index in [1.807, 2.05) is 0 Å². The van der Waals surface area contributed by atoms with Crippen molar-refractivity contribution < 1.29 is 27.5 Å². The van der Waals surface area contributed by atoms with Crippen molar-refractivity contribution in [1.29, 1.82) is 0 Å². The number of benzene rings is 1. The van der Waals surface area contributed by atoms with Crippen LogP contribution in [-0.4, -0.2) is 11.1 Å². The Morgan fingerprint density at radius 1 is 1.33 bits per heavy atom. The zero-order chi connectivity index (χ0) is 13.9. The van der Waals surface area contributed by atoms with Gasteiger partial charge in [-0.1, -0.05) is 0 Å². The SMILES string of the molecule is O=C(O)CCC(Cl)c1cc(F)cc(C(F)(F)F)c1. The molecule has 100 valence electrons. The lowest BCUT2D eigenvalue weighted by Gasteiger charge is -2.12. The molecule has 0 aromatic heterocycles. The van der Waals surface area contributed by atoms with Crippen LogP contribution in [-0.2, 0) is 11.0 Å². The van der Waals surface area contributed by atoms with Crippen molar-refractivity contribution in [2.45, 2.75) is 24.4 Å². The quantitative estimate of drug-likeness (QED) is 0.670. The van der Waals surface area contributed by atoms with E-state index in [4.69, 9.17) is 16.7 Å². The van der Waals surface area contributed by atoms with Crippen molar-refractivity contribution in [2.75, 3.05) is 0 Å². The van der Waals surface area contributed by atoms with Gasteiger partial charge in [0.15, 0.2) is 0 Å². The van der Waals surface area contributed by atoms with Crippen LogP contribution in [0.15, 0.2) is 18.2 Å². The summed E-state index contributed by atoms with van der Waals surface area (Å²) in [6, 6.07) is 1.96. The molecule has 1 aromatic rings. The Bertz CT molecular complexity index is 445. The van der Waals surface area contributed by atoms with Gasteiger partial charge < -0.3 is 5.11 Å². The summed E-state index contributed by atoms with van der Waals surface area (Å²) in [5.74, 6) is -2.17. The lowest BCUT2D eigenvalue weighted by atomic mass is 10.0. The Hall–Kier alpha value is -1.30. The first-order valence-electron chi connectivity index (χ1n) is 4.93. The van der Waals surface area contributed by atoms with Gasteiger partial charge in [-0.2, -0.15) is 13.2 Å². The maximum absolute atomic E-state index is 13.0. The lowest BCUT2D eigenvalue weighted by molar-refractivity contribution is -0.138. The van der Waals surface area contributed by atoms with E-state index in [0.29, 0.717) is 6.07 Å². The number of halogens is 5. The van der Waals surface area contributed by atoms with E-state index < -0.39 is 28.9 Å². The maximum Gasteiger partial charge on any atom is 0.416 e. The smallest absolute Gasteiger partial charge is 0.416 e. The third-order valence-corrected chi connectivity index (χ3v) is 2.69. The van der Waals surface area contributed by atoms with E-state index in [2.05, 4.69) is 0 Å². The van der Waals surface area contributed by atoms with Crippen LogP contribution in [0.5, 0.6) is 0 Å². The van der Waals surface area contributed by atoms with Crippen molar-refractivity contribution in [3.63, 3.8) is 0 Å². The molecular weight excluding hydrogens is 276 g/mol. The molecule has 1 unspecified atom stereocenters. The molecule has 1 rings (SSSR count). The molecule has 0 saturated carbocycles. The van der Waals surface area contributed by atoms with Gasteiger partial charge in [0.2, 0.25) is 0 Å². The van der Waals surface area contributed by atoms with E-state index in [0.717, 1.165) is 12.1 Å². The van der Waals surface area contributed by atoms with E-state index in [9.17, 15) is 22.4 Å². The summed E-state index contributed by atoms with van der Waals surface area (Å²) >= 11 is 5.75. The van der Waals surface area contributed by atoms with Crippen LogP contribution < -0.4 is 0 Å². The highest BCUT2D eigenvalue weighted by atomic mass is 35.5. The second-order valence-electron chi connectivity index (χ2n) is 3.67. The Labute approximate surface area is 105 Å². The summed E-state index contributed by atoms with van der Waals surface area (Å²) in [5.41, 5.74) is -1.22. The van der Waals surface area contributed by atoms with Gasteiger partial charge in [-0.25, -0.2) is 4.39 Å². The number of carboxylic acids is 1. The van der Waals surface area contributed by atoms with Gasteiger partial charge in [0.25, 0.3) is 0 Å². The fraction of sp³-hybridized carbons (Fsp3) is 0.364. The van der Waals surface area contributed by atoms with E-state index >= 15 is 0 Å². The Morgan fingerprint density at radius 3 is 2.44 bits per heavy atom. The molecule has 7 heteroatoms. The van der Waals surface area contributed by atoms with E-state index in [-0.39, 0.29) is 18.4 Å². The number of carbonyl (C=O) groups is 1. The molecule has 0 spiro atoms. The summed E-state index contributed by atoms with van der Waals surface area (Å²) in [4.78, 5) is 10.3. The zero-order valence-electron chi connectivity index (χ0n) is 8.97. The van der Waals surface area contributed by atoms with Crippen molar-refractivity contribution in [3.8, 4) is 0 Å². The largest absolute Gasteiger partial charge is 0.481 e. The summed E-state index contributed by atoms with van der Waals surface area (Å²) in [5, 5.41) is 7.46. The summed E-state index contributed by atoms with van der Waals surface area (Å²) in [6.07, 6.45) is -5.04. The summed E-state index contributed by atoms with van der Waals surface area (Å²) in [7, 11) is 0. The van der Waals surface area contributed by atoms with Crippen LogP contribution in [0.1, 0.15) is 29.3 Å². The molecule has 0 fully saturated rings. The molecule has 2 nitrogen and oxygen atoms in total. The Balaban J connectivity index is 2.95. The molecule has 0 aliphatic rings. The summed E-state index contributed by atoms with van der Waals surface area (Å²) < 4.78 is 50.3. The second kappa shape index (κ2) is 5.56. The topological polar surface area (TPSA) is 37.3 Å². The minimum Gasteiger partial charge on any atom is -0.481 e. The normalized spacial score (nSPS) is 13.4. The molecule has 0 amide bonds. The highest BCUT2D eigenvalue weighted by Crippen LogP contribution is 2.34. The average molecular weight is 285 g/mol. The van der Waals surface area contributed by atoms with Gasteiger partial charge in [0, 0.05) is 6.42 Å². The molecule has 0 aliphatic heterocycles. The zero-order valence-corrected chi connectivity index (χ0v) is 9.72. The van der Waals surface area contributed by atoms with Crippen LogP contribution >= 0.6 is 11.6 Å². The molecule has 1 aromatic carbocycles. The van der Waals surface area contributed by atoms with Crippen molar-refractivity contribution >= 4 is 17.6 Å². The van der Waals surface area contributed by atoms with Gasteiger partial charge in [-0.15, -0.1) is 11.6 Å². The third-order valence-electron chi connectivity index (χ3n) is 2.22. The number of rotatable bonds is 4. The maximum atomic E-state index is 13.0. The number of carboxylic acid groups (broad SMARTS) is 1. The second-order valence-corrected chi connectivity index (χ2v) is 4.20. The fourth-order valence-corrected chi connectivity index (χ4v) is 1.61.